The van der Waals surface area contributed by atoms with Gasteiger partial charge in [0.1, 0.15) is 0 Å². The molecular formula is C10H16N2O. The summed E-state index contributed by atoms with van der Waals surface area (Å²) in [6, 6.07) is 0.258. The van der Waals surface area contributed by atoms with E-state index in [0.29, 0.717) is 12.5 Å². The lowest BCUT2D eigenvalue weighted by Crippen LogP contribution is -2.40. The maximum atomic E-state index is 11.2. The molecule has 13 heavy (non-hydrogen) atoms. The fraction of sp³-hybridized carbons (Fsp3) is 0.700. The van der Waals surface area contributed by atoms with Crippen molar-refractivity contribution in [2.24, 2.45) is 11.7 Å². The minimum atomic E-state index is -0.231. The minimum absolute atomic E-state index is 0.231. The van der Waals surface area contributed by atoms with E-state index in [0.717, 1.165) is 19.3 Å². The second-order valence-electron chi connectivity index (χ2n) is 3.55. The Balaban J connectivity index is 2.61. The fourth-order valence-corrected chi connectivity index (χ4v) is 2.05. The van der Waals surface area contributed by atoms with E-state index >= 15 is 0 Å². The number of carbonyl (C=O) groups is 1. The van der Waals surface area contributed by atoms with E-state index in [1.165, 1.54) is 0 Å². The summed E-state index contributed by atoms with van der Waals surface area (Å²) >= 11 is 0. The third kappa shape index (κ3) is 2.02. The molecule has 1 aliphatic rings. The normalized spacial score (nSPS) is 26.8. The molecule has 2 atom stereocenters. The molecule has 0 bridgehead atoms. The largest absolute Gasteiger partial charge is 0.332 e. The number of hydrogen-bond acceptors (Lipinski definition) is 2. The highest BCUT2D eigenvalue weighted by Crippen LogP contribution is 2.28. The van der Waals surface area contributed by atoms with Crippen LogP contribution in [-0.4, -0.2) is 30.4 Å². The van der Waals surface area contributed by atoms with Crippen LogP contribution >= 0.6 is 0 Å². The van der Waals surface area contributed by atoms with Gasteiger partial charge in [-0.25, -0.2) is 0 Å². The average molecular weight is 180 g/mol. The monoisotopic (exact) mass is 180 g/mol. The third-order valence-corrected chi connectivity index (χ3v) is 2.86. The van der Waals surface area contributed by atoms with Crippen LogP contribution in [0.3, 0.4) is 0 Å². The lowest BCUT2D eigenvalue weighted by molar-refractivity contribution is -0.126. The van der Waals surface area contributed by atoms with Gasteiger partial charge in [0.25, 0.3) is 5.91 Å². The van der Waals surface area contributed by atoms with Gasteiger partial charge < -0.3 is 10.6 Å². The summed E-state index contributed by atoms with van der Waals surface area (Å²) < 4.78 is 0. The number of carbonyl (C=O) groups excluding carboxylic acids is 1. The first-order valence-electron chi connectivity index (χ1n) is 4.64. The first-order valence-corrected chi connectivity index (χ1v) is 4.64. The topological polar surface area (TPSA) is 46.3 Å². The summed E-state index contributed by atoms with van der Waals surface area (Å²) in [6.45, 7) is 0.646. The number of terminal acetylenes is 1. The van der Waals surface area contributed by atoms with Gasteiger partial charge in [-0.05, 0) is 31.2 Å². The predicted molar refractivity (Wildman–Crippen MR) is 51.8 cm³/mol. The second-order valence-corrected chi connectivity index (χ2v) is 3.55. The molecule has 1 fully saturated rings. The van der Waals surface area contributed by atoms with E-state index in [1.54, 1.807) is 11.9 Å². The molecule has 1 rings (SSSR count). The van der Waals surface area contributed by atoms with E-state index in [-0.39, 0.29) is 11.9 Å². The van der Waals surface area contributed by atoms with E-state index in [4.69, 9.17) is 12.2 Å². The van der Waals surface area contributed by atoms with Crippen LogP contribution in [0.2, 0.25) is 0 Å². The fourth-order valence-electron chi connectivity index (χ4n) is 2.05. The van der Waals surface area contributed by atoms with Gasteiger partial charge in [-0.15, -0.1) is 6.42 Å². The molecule has 3 heteroatoms. The SMILES string of the molecule is C#CC(=O)N(C)C1CCCC1CN. The van der Waals surface area contributed by atoms with Crippen molar-refractivity contribution in [2.45, 2.75) is 25.3 Å². The quantitative estimate of drug-likeness (QED) is 0.617. The number of rotatable bonds is 2. The van der Waals surface area contributed by atoms with E-state index in [2.05, 4.69) is 5.92 Å². The third-order valence-electron chi connectivity index (χ3n) is 2.86. The van der Waals surface area contributed by atoms with Crippen molar-refractivity contribution in [3.05, 3.63) is 0 Å². The highest BCUT2D eigenvalue weighted by atomic mass is 16.2. The minimum Gasteiger partial charge on any atom is -0.332 e. The van der Waals surface area contributed by atoms with Crippen LogP contribution in [-0.2, 0) is 4.79 Å². The number of amides is 1. The van der Waals surface area contributed by atoms with Crippen molar-refractivity contribution in [1.29, 1.82) is 0 Å². The summed E-state index contributed by atoms with van der Waals surface area (Å²) in [6.07, 6.45) is 8.35. The van der Waals surface area contributed by atoms with Crippen LogP contribution in [0.4, 0.5) is 0 Å². The van der Waals surface area contributed by atoms with E-state index < -0.39 is 0 Å². The van der Waals surface area contributed by atoms with Crippen molar-refractivity contribution in [2.75, 3.05) is 13.6 Å². The Morgan fingerprint density at radius 1 is 1.69 bits per heavy atom. The smallest absolute Gasteiger partial charge is 0.298 e. The van der Waals surface area contributed by atoms with Crippen LogP contribution in [0.5, 0.6) is 0 Å². The maximum absolute atomic E-state index is 11.2. The molecule has 0 aliphatic heterocycles. The molecule has 0 aromatic heterocycles. The molecule has 1 aliphatic carbocycles. The highest BCUT2D eigenvalue weighted by molar-refractivity contribution is 5.92. The Hall–Kier alpha value is -1.01. The number of nitrogens with zero attached hydrogens (tertiary/aromatic N) is 1. The molecule has 72 valence electrons. The van der Waals surface area contributed by atoms with E-state index in [9.17, 15) is 4.79 Å². The standard InChI is InChI=1S/C10H16N2O/c1-3-10(13)12(2)9-6-4-5-8(9)7-11/h1,8-9H,4-7,11H2,2H3. The molecule has 2 unspecified atom stereocenters. The molecule has 0 saturated heterocycles. The summed E-state index contributed by atoms with van der Waals surface area (Å²) in [5.74, 6) is 2.33. The second kappa shape index (κ2) is 4.29. The van der Waals surface area contributed by atoms with E-state index in [1.807, 2.05) is 0 Å². The zero-order valence-corrected chi connectivity index (χ0v) is 7.99. The lowest BCUT2D eigenvalue weighted by Gasteiger charge is -2.27. The van der Waals surface area contributed by atoms with Crippen LogP contribution < -0.4 is 5.73 Å². The van der Waals surface area contributed by atoms with Crippen LogP contribution in [0.25, 0.3) is 0 Å². The Labute approximate surface area is 79.3 Å². The molecule has 0 radical (unpaired) electrons. The molecule has 0 aromatic carbocycles. The van der Waals surface area contributed by atoms with Crippen molar-refractivity contribution in [3.63, 3.8) is 0 Å². The Kier molecular flexibility index (Phi) is 3.32. The molecule has 0 spiro atoms. The van der Waals surface area contributed by atoms with Crippen molar-refractivity contribution >= 4 is 5.91 Å². The van der Waals surface area contributed by atoms with Gasteiger partial charge in [0.15, 0.2) is 0 Å². The first-order chi connectivity index (χ1) is 6.20. The van der Waals surface area contributed by atoms with Gasteiger partial charge in [0.2, 0.25) is 0 Å². The number of nitrogens with two attached hydrogens (primary N) is 1. The molecule has 1 amide bonds. The maximum Gasteiger partial charge on any atom is 0.298 e. The Morgan fingerprint density at radius 2 is 2.38 bits per heavy atom. The molecule has 3 nitrogen and oxygen atoms in total. The molecule has 0 aromatic rings. The highest BCUT2D eigenvalue weighted by Gasteiger charge is 2.30. The van der Waals surface area contributed by atoms with Crippen LogP contribution in [0.15, 0.2) is 0 Å². The van der Waals surface area contributed by atoms with Gasteiger partial charge in [-0.3, -0.25) is 4.79 Å². The van der Waals surface area contributed by atoms with Gasteiger partial charge in [0.05, 0.1) is 0 Å². The van der Waals surface area contributed by atoms with Gasteiger partial charge in [-0.1, -0.05) is 6.42 Å². The molecule has 2 N–H and O–H groups in total. The Morgan fingerprint density at radius 3 is 2.92 bits per heavy atom. The molecule has 1 saturated carbocycles. The van der Waals surface area contributed by atoms with Gasteiger partial charge in [0, 0.05) is 13.1 Å². The molecular weight excluding hydrogens is 164 g/mol. The Bertz CT molecular complexity index is 232. The summed E-state index contributed by atoms with van der Waals surface area (Å²) in [5, 5.41) is 0. The lowest BCUT2D eigenvalue weighted by atomic mass is 10.0. The van der Waals surface area contributed by atoms with Crippen LogP contribution in [0, 0.1) is 18.3 Å². The van der Waals surface area contributed by atoms with Crippen molar-refractivity contribution in [1.82, 2.24) is 4.90 Å². The zero-order chi connectivity index (χ0) is 9.84. The summed E-state index contributed by atoms with van der Waals surface area (Å²) in [7, 11) is 1.76. The van der Waals surface area contributed by atoms with Gasteiger partial charge >= 0.3 is 0 Å². The summed E-state index contributed by atoms with van der Waals surface area (Å²) in [5.41, 5.74) is 5.61. The summed E-state index contributed by atoms with van der Waals surface area (Å²) in [4.78, 5) is 12.9. The van der Waals surface area contributed by atoms with Gasteiger partial charge in [-0.2, -0.15) is 0 Å². The molecule has 0 heterocycles. The van der Waals surface area contributed by atoms with Crippen molar-refractivity contribution < 1.29 is 4.79 Å². The average Bonchev–Trinajstić information content (AvgIpc) is 2.62. The first kappa shape index (κ1) is 10.1. The van der Waals surface area contributed by atoms with Crippen LogP contribution in [0.1, 0.15) is 19.3 Å². The van der Waals surface area contributed by atoms with Crippen molar-refractivity contribution in [3.8, 4) is 12.3 Å². The number of hydrogen-bond donors (Lipinski definition) is 1. The predicted octanol–water partition coefficient (Wildman–Crippen LogP) is 0.205. The zero-order valence-electron chi connectivity index (χ0n) is 7.99.